The van der Waals surface area contributed by atoms with E-state index in [1.54, 1.807) is 6.07 Å². The van der Waals surface area contributed by atoms with E-state index >= 15 is 0 Å². The molecule has 1 aromatic heterocycles. The van der Waals surface area contributed by atoms with Crippen molar-refractivity contribution in [2.24, 2.45) is 0 Å². The fourth-order valence-electron chi connectivity index (χ4n) is 3.44. The lowest BCUT2D eigenvalue weighted by atomic mass is 10.1. The largest absolute Gasteiger partial charge is 0.367 e. The van der Waals surface area contributed by atoms with E-state index in [1.165, 1.54) is 32.0 Å². The molecule has 0 aliphatic heterocycles. The first-order valence-corrected chi connectivity index (χ1v) is 9.08. The monoisotopic (exact) mass is 338 g/mol. The fraction of sp³-hybridized carbons (Fsp3) is 0.450. The molecule has 0 saturated heterocycles. The highest BCUT2D eigenvalue weighted by atomic mass is 16.1. The van der Waals surface area contributed by atoms with Crippen molar-refractivity contribution in [3.63, 3.8) is 0 Å². The van der Waals surface area contributed by atoms with Gasteiger partial charge in [-0.2, -0.15) is 0 Å². The van der Waals surface area contributed by atoms with Crippen molar-refractivity contribution >= 4 is 17.4 Å². The molecule has 132 valence electrons. The highest BCUT2D eigenvalue weighted by molar-refractivity contribution is 6.03. The lowest BCUT2D eigenvalue weighted by Crippen LogP contribution is -2.20. The summed E-state index contributed by atoms with van der Waals surface area (Å²) in [5, 5.41) is 6.39. The van der Waals surface area contributed by atoms with Gasteiger partial charge in [-0.3, -0.25) is 4.79 Å². The molecule has 3 rings (SSSR count). The van der Waals surface area contributed by atoms with E-state index in [-0.39, 0.29) is 5.91 Å². The van der Waals surface area contributed by atoms with Crippen LogP contribution in [-0.2, 0) is 0 Å². The van der Waals surface area contributed by atoms with Gasteiger partial charge in [0.05, 0.1) is 0 Å². The van der Waals surface area contributed by atoms with E-state index in [0.29, 0.717) is 11.7 Å². The summed E-state index contributed by atoms with van der Waals surface area (Å²) >= 11 is 0. The molecule has 0 radical (unpaired) electrons. The standard InChI is InChI=1S/C20H26N4O/c1-14-9-15(2)11-17(10-14)24-20(25)18-12-19(22-13-21-18)23-16-7-5-3-4-6-8-16/h9-13,16H,3-8H2,1-2H3,(H,24,25)(H,21,22,23). The maximum atomic E-state index is 12.5. The Hall–Kier alpha value is -2.43. The summed E-state index contributed by atoms with van der Waals surface area (Å²) < 4.78 is 0. The van der Waals surface area contributed by atoms with Crippen LogP contribution in [0.5, 0.6) is 0 Å². The van der Waals surface area contributed by atoms with E-state index in [4.69, 9.17) is 0 Å². The summed E-state index contributed by atoms with van der Waals surface area (Å²) in [5.41, 5.74) is 3.41. The van der Waals surface area contributed by atoms with Crippen LogP contribution in [0.15, 0.2) is 30.6 Å². The van der Waals surface area contributed by atoms with Crippen LogP contribution in [0.1, 0.15) is 60.1 Å². The number of aryl methyl sites for hydroxylation is 2. The van der Waals surface area contributed by atoms with Gasteiger partial charge < -0.3 is 10.6 Å². The summed E-state index contributed by atoms with van der Waals surface area (Å²) in [7, 11) is 0. The number of benzene rings is 1. The predicted octanol–water partition coefficient (Wildman–Crippen LogP) is 4.48. The van der Waals surface area contributed by atoms with Crippen LogP contribution in [0, 0.1) is 13.8 Å². The Morgan fingerprint density at radius 2 is 1.64 bits per heavy atom. The van der Waals surface area contributed by atoms with Gasteiger partial charge in [-0.05, 0) is 49.9 Å². The highest BCUT2D eigenvalue weighted by Crippen LogP contribution is 2.21. The Morgan fingerprint density at radius 1 is 0.960 bits per heavy atom. The molecule has 0 spiro atoms. The van der Waals surface area contributed by atoms with Gasteiger partial charge >= 0.3 is 0 Å². The number of anilines is 2. The van der Waals surface area contributed by atoms with E-state index in [2.05, 4.69) is 26.7 Å². The topological polar surface area (TPSA) is 66.9 Å². The summed E-state index contributed by atoms with van der Waals surface area (Å²) in [6.45, 7) is 4.03. The Bertz CT molecular complexity index is 716. The minimum atomic E-state index is -0.212. The van der Waals surface area contributed by atoms with Crippen molar-refractivity contribution in [3.8, 4) is 0 Å². The first-order valence-electron chi connectivity index (χ1n) is 9.08. The summed E-state index contributed by atoms with van der Waals surface area (Å²) in [6.07, 6.45) is 8.90. The third-order valence-electron chi connectivity index (χ3n) is 4.59. The zero-order valence-electron chi connectivity index (χ0n) is 15.0. The van der Waals surface area contributed by atoms with Crippen LogP contribution >= 0.6 is 0 Å². The summed E-state index contributed by atoms with van der Waals surface area (Å²) in [6, 6.07) is 8.17. The smallest absolute Gasteiger partial charge is 0.274 e. The van der Waals surface area contributed by atoms with Gasteiger partial charge in [0.15, 0.2) is 0 Å². The number of nitrogens with one attached hydrogen (secondary N) is 2. The number of aromatic nitrogens is 2. The van der Waals surface area contributed by atoms with Crippen molar-refractivity contribution < 1.29 is 4.79 Å². The summed E-state index contributed by atoms with van der Waals surface area (Å²) in [4.78, 5) is 20.9. The second-order valence-corrected chi connectivity index (χ2v) is 6.95. The van der Waals surface area contributed by atoms with E-state index in [0.717, 1.165) is 35.5 Å². The molecule has 2 aromatic rings. The average Bonchev–Trinajstić information content (AvgIpc) is 2.83. The number of amides is 1. The number of rotatable bonds is 4. The van der Waals surface area contributed by atoms with Gasteiger partial charge in [-0.25, -0.2) is 9.97 Å². The molecule has 0 bridgehead atoms. The lowest BCUT2D eigenvalue weighted by Gasteiger charge is -2.17. The minimum Gasteiger partial charge on any atom is -0.367 e. The van der Waals surface area contributed by atoms with Crippen LogP contribution in [0.2, 0.25) is 0 Å². The number of hydrogen-bond donors (Lipinski definition) is 2. The van der Waals surface area contributed by atoms with Gasteiger partial charge in [-0.1, -0.05) is 31.7 Å². The van der Waals surface area contributed by atoms with Gasteiger partial charge in [0.2, 0.25) is 0 Å². The molecule has 1 aliphatic rings. The Kier molecular flexibility index (Phi) is 5.64. The zero-order valence-corrected chi connectivity index (χ0v) is 15.0. The van der Waals surface area contributed by atoms with Gasteiger partial charge in [-0.15, -0.1) is 0 Å². The number of nitrogens with zero attached hydrogens (tertiary/aromatic N) is 2. The number of hydrogen-bond acceptors (Lipinski definition) is 4. The molecule has 0 unspecified atom stereocenters. The van der Waals surface area contributed by atoms with Gasteiger partial charge in [0, 0.05) is 17.8 Å². The maximum Gasteiger partial charge on any atom is 0.274 e. The first kappa shape index (κ1) is 17.4. The van der Waals surface area contributed by atoms with Crippen molar-refractivity contribution in [2.45, 2.75) is 58.4 Å². The third-order valence-corrected chi connectivity index (χ3v) is 4.59. The fourth-order valence-corrected chi connectivity index (χ4v) is 3.44. The van der Waals surface area contributed by atoms with Crippen LogP contribution in [0.4, 0.5) is 11.5 Å². The Balaban J connectivity index is 1.68. The zero-order chi connectivity index (χ0) is 17.6. The van der Waals surface area contributed by atoms with Crippen molar-refractivity contribution in [1.82, 2.24) is 9.97 Å². The second kappa shape index (κ2) is 8.10. The highest BCUT2D eigenvalue weighted by Gasteiger charge is 2.14. The Morgan fingerprint density at radius 3 is 2.32 bits per heavy atom. The van der Waals surface area contributed by atoms with Crippen LogP contribution in [-0.4, -0.2) is 21.9 Å². The van der Waals surface area contributed by atoms with Crippen molar-refractivity contribution in [3.05, 3.63) is 47.4 Å². The maximum absolute atomic E-state index is 12.5. The number of carbonyl (C=O) groups is 1. The molecular weight excluding hydrogens is 312 g/mol. The second-order valence-electron chi connectivity index (χ2n) is 6.95. The predicted molar refractivity (Wildman–Crippen MR) is 101 cm³/mol. The average molecular weight is 338 g/mol. The normalized spacial score (nSPS) is 15.4. The third kappa shape index (κ3) is 5.02. The molecule has 2 N–H and O–H groups in total. The van der Waals surface area contributed by atoms with Crippen LogP contribution < -0.4 is 10.6 Å². The van der Waals surface area contributed by atoms with Gasteiger partial charge in [0.1, 0.15) is 17.8 Å². The molecule has 1 aliphatic carbocycles. The number of carbonyl (C=O) groups excluding carboxylic acids is 1. The van der Waals surface area contributed by atoms with E-state index in [1.807, 2.05) is 26.0 Å². The molecule has 1 saturated carbocycles. The van der Waals surface area contributed by atoms with Crippen molar-refractivity contribution in [2.75, 3.05) is 10.6 Å². The quantitative estimate of drug-likeness (QED) is 0.807. The Labute approximate surface area is 149 Å². The van der Waals surface area contributed by atoms with Crippen molar-refractivity contribution in [1.29, 1.82) is 0 Å². The molecule has 5 nitrogen and oxygen atoms in total. The molecular formula is C20H26N4O. The molecule has 1 heterocycles. The first-order chi connectivity index (χ1) is 12.1. The van der Waals surface area contributed by atoms with Crippen LogP contribution in [0.3, 0.4) is 0 Å². The molecule has 5 heteroatoms. The molecule has 1 aromatic carbocycles. The van der Waals surface area contributed by atoms with Gasteiger partial charge in [0.25, 0.3) is 5.91 Å². The minimum absolute atomic E-state index is 0.212. The molecule has 1 amide bonds. The summed E-state index contributed by atoms with van der Waals surface area (Å²) in [5.74, 6) is 0.517. The lowest BCUT2D eigenvalue weighted by molar-refractivity contribution is 0.102. The van der Waals surface area contributed by atoms with Crippen LogP contribution in [0.25, 0.3) is 0 Å². The molecule has 25 heavy (non-hydrogen) atoms. The van der Waals surface area contributed by atoms with E-state index < -0.39 is 0 Å². The molecule has 1 fully saturated rings. The SMILES string of the molecule is Cc1cc(C)cc(NC(=O)c2cc(NC3CCCCCC3)ncn2)c1. The van der Waals surface area contributed by atoms with E-state index in [9.17, 15) is 4.79 Å². The molecule has 0 atom stereocenters.